The summed E-state index contributed by atoms with van der Waals surface area (Å²) in [5, 5.41) is 5.99. The predicted molar refractivity (Wildman–Crippen MR) is 230 cm³/mol. The van der Waals surface area contributed by atoms with Crippen molar-refractivity contribution in [3.8, 4) is 11.5 Å². The van der Waals surface area contributed by atoms with Gasteiger partial charge in [0.25, 0.3) is 5.91 Å². The van der Waals surface area contributed by atoms with E-state index in [9.17, 15) is 18.0 Å². The highest BCUT2D eigenvalue weighted by Gasteiger charge is 2.61. The fourth-order valence-electron chi connectivity index (χ4n) is 9.94. The lowest BCUT2D eigenvalue weighted by atomic mass is 9.65. The Morgan fingerprint density at radius 3 is 2.37 bits per heavy atom. The summed E-state index contributed by atoms with van der Waals surface area (Å²) in [6, 6.07) is 1.20. The van der Waals surface area contributed by atoms with E-state index in [2.05, 4.69) is 20.3 Å². The Bertz CT molecular complexity index is 2360. The minimum absolute atomic E-state index is 0.0269. The number of hydrogen-bond acceptors (Lipinski definition) is 12. The van der Waals surface area contributed by atoms with Crippen LogP contribution in [0.25, 0.3) is 10.9 Å². The zero-order chi connectivity index (χ0) is 46.7. The summed E-state index contributed by atoms with van der Waals surface area (Å²) in [4.78, 5) is 65.3. The molecule has 0 radical (unpaired) electrons. The summed E-state index contributed by atoms with van der Waals surface area (Å²) in [5.41, 5.74) is -5.24. The zero-order valence-corrected chi connectivity index (χ0v) is 38.3. The third kappa shape index (κ3) is 9.23. The molecule has 4 fully saturated rings. The lowest BCUT2D eigenvalue weighted by Crippen LogP contribution is -2.70. The summed E-state index contributed by atoms with van der Waals surface area (Å²) in [6.07, 6.45) is 1.42. The number of halogens is 3. The van der Waals surface area contributed by atoms with E-state index < -0.39 is 97.0 Å². The van der Waals surface area contributed by atoms with Gasteiger partial charge in [0.1, 0.15) is 34.6 Å². The second-order valence-electron chi connectivity index (χ2n) is 19.7. The van der Waals surface area contributed by atoms with Crippen molar-refractivity contribution < 1.29 is 59.7 Å². The van der Waals surface area contributed by atoms with E-state index in [0.717, 1.165) is 0 Å². The number of allylic oxidation sites excluding steroid dienone is 1. The second-order valence-corrected chi connectivity index (χ2v) is 21.9. The maximum absolute atomic E-state index is 15.3. The van der Waals surface area contributed by atoms with Gasteiger partial charge in [-0.25, -0.2) is 18.2 Å². The number of hydrogen-bond donors (Lipinski definition) is 3. The first kappa shape index (κ1) is 46.8. The number of sulfonamides is 1. The molecule has 4 aliphatic heterocycles. The van der Waals surface area contributed by atoms with Gasteiger partial charge in [0.2, 0.25) is 21.8 Å². The minimum Gasteiger partial charge on any atom is -0.497 e. The quantitative estimate of drug-likeness (QED) is 0.312. The summed E-state index contributed by atoms with van der Waals surface area (Å²) in [5.74, 6) is -3.16. The molecule has 6 aliphatic rings. The molecule has 2 aromatic rings. The fraction of sp³-hybridized carbons (Fsp3) is 0.667. The van der Waals surface area contributed by atoms with Gasteiger partial charge in [0.15, 0.2) is 11.4 Å². The number of rotatable bonds is 6. The molecule has 1 aromatic carbocycles. The monoisotopic (exact) mass is 932 g/mol. The van der Waals surface area contributed by atoms with Crippen molar-refractivity contribution in [2.45, 2.75) is 144 Å². The van der Waals surface area contributed by atoms with E-state index in [1.54, 1.807) is 33.8 Å². The molecule has 1 aromatic heterocycles. The highest BCUT2D eigenvalue weighted by molar-refractivity contribution is 7.91. The van der Waals surface area contributed by atoms with Crippen LogP contribution in [0.4, 0.5) is 18.0 Å². The van der Waals surface area contributed by atoms with E-state index >= 15 is 22.8 Å². The van der Waals surface area contributed by atoms with Crippen LogP contribution in [0, 0.1) is 5.92 Å². The molecule has 6 atom stereocenters. The van der Waals surface area contributed by atoms with Crippen LogP contribution < -0.4 is 24.8 Å². The normalized spacial score (nSPS) is 29.8. The Morgan fingerprint density at radius 2 is 1.72 bits per heavy atom. The Balaban J connectivity index is 1.24. The molecule has 356 valence electrons. The lowest BCUT2D eigenvalue weighted by Gasteiger charge is -2.48. The third-order valence-electron chi connectivity index (χ3n) is 13.9. The molecule has 3 N–H and O–H groups in total. The maximum Gasteiger partial charge on any atom is 0.437 e. The van der Waals surface area contributed by atoms with Crippen LogP contribution in [0.15, 0.2) is 30.4 Å². The third-order valence-corrected chi connectivity index (χ3v) is 16.1. The summed E-state index contributed by atoms with van der Waals surface area (Å²) in [7, 11) is -2.69. The van der Waals surface area contributed by atoms with Crippen molar-refractivity contribution in [3.63, 3.8) is 0 Å². The molecule has 20 heteroatoms. The van der Waals surface area contributed by atoms with Gasteiger partial charge in [-0.3, -0.25) is 24.0 Å². The highest BCUT2D eigenvalue weighted by Crippen LogP contribution is 2.54. The fourth-order valence-corrected chi connectivity index (χ4v) is 11.3. The molecule has 2 aliphatic carbocycles. The van der Waals surface area contributed by atoms with Gasteiger partial charge in [-0.1, -0.05) is 25.0 Å². The average Bonchev–Trinajstić information content (AvgIpc) is 3.90. The van der Waals surface area contributed by atoms with Gasteiger partial charge in [-0.05, 0) is 90.8 Å². The number of morpholine rings is 1. The van der Waals surface area contributed by atoms with Crippen molar-refractivity contribution in [2.75, 3.05) is 40.0 Å². The first-order chi connectivity index (χ1) is 30.6. The number of alkyl carbamates (subject to hydrolysis) is 1. The first-order valence-corrected chi connectivity index (χ1v) is 24.0. The Kier molecular flexibility index (Phi) is 12.4. The van der Waals surface area contributed by atoms with Crippen LogP contribution in [0.1, 0.15) is 116 Å². The molecular formula is C45H59F3N6O10S. The Morgan fingerprint density at radius 1 is 1.00 bits per heavy atom. The smallest absolute Gasteiger partial charge is 0.437 e. The SMILES string of the molecule is COc1ccc2nc(C(F)(F)F)c3c(c2c1)C(N1CCOCC1)CC1(CC2C(=O)NC4(C(=O)NS(=O)(=O)C5(C)CC5)CCC4C=CCCCCCC(NC(=O)OC(C)(C)C)C(=O)N2C1)O3. The molecule has 6 unspecified atom stereocenters. The number of pyridine rings is 1. The van der Waals surface area contributed by atoms with Gasteiger partial charge in [-0.2, -0.15) is 13.2 Å². The van der Waals surface area contributed by atoms with E-state index in [1.165, 1.54) is 24.1 Å². The van der Waals surface area contributed by atoms with E-state index in [0.29, 0.717) is 82.4 Å². The number of benzene rings is 1. The van der Waals surface area contributed by atoms with Gasteiger partial charge in [0, 0.05) is 48.8 Å². The molecule has 16 nitrogen and oxygen atoms in total. The lowest BCUT2D eigenvalue weighted by molar-refractivity contribution is -0.145. The topological polar surface area (TPSA) is 195 Å². The molecule has 0 bridgehead atoms. The van der Waals surface area contributed by atoms with Crippen LogP contribution in [0.3, 0.4) is 0 Å². The van der Waals surface area contributed by atoms with Crippen LogP contribution in [0.2, 0.25) is 0 Å². The Labute approximate surface area is 376 Å². The van der Waals surface area contributed by atoms with Crippen molar-refractivity contribution in [1.29, 1.82) is 0 Å². The van der Waals surface area contributed by atoms with E-state index in [1.807, 2.05) is 17.1 Å². The number of ether oxygens (including phenoxy) is 4. The number of nitrogens with one attached hydrogen (secondary N) is 3. The number of alkyl halides is 3. The van der Waals surface area contributed by atoms with Crippen LogP contribution in [-0.4, -0.2) is 121 Å². The largest absolute Gasteiger partial charge is 0.497 e. The number of carbonyl (C=O) groups excluding carboxylic acids is 4. The van der Waals surface area contributed by atoms with Crippen LogP contribution in [-0.2, 0) is 40.1 Å². The van der Waals surface area contributed by atoms with Crippen LogP contribution in [0.5, 0.6) is 11.5 Å². The van der Waals surface area contributed by atoms with Gasteiger partial charge < -0.3 is 34.5 Å². The standard InChI is InChI=1S/C45H59F3N6O10S/c1-41(2,3)64-40(58)50-31-12-10-8-6-7-9-11-27-15-16-44(27,39(57)52-65(59,60)42(4)17-18-42)51-37(55)33-25-43(26-54(33)38(31)56)24-32(53-19-21-62-22-20-53)34-29-23-28(61-5)13-14-30(29)49-36(35(34)63-43)45(46,47)48/h9,11,13-14,23,27,31-33H,6-8,10,12,15-22,24-26H2,1-5H3,(H,50,58)(H,51,55)(H,52,57). The van der Waals surface area contributed by atoms with Gasteiger partial charge in [0.05, 0.1) is 37.1 Å². The number of carbonyl (C=O) groups is 4. The molecule has 2 saturated carbocycles. The van der Waals surface area contributed by atoms with Crippen molar-refractivity contribution in [3.05, 3.63) is 41.6 Å². The van der Waals surface area contributed by atoms with Crippen molar-refractivity contribution >= 4 is 44.7 Å². The number of aromatic nitrogens is 1. The number of nitrogens with zero attached hydrogens (tertiary/aromatic N) is 3. The Hall–Kier alpha value is -4.69. The molecular weight excluding hydrogens is 874 g/mol. The maximum atomic E-state index is 15.3. The summed E-state index contributed by atoms with van der Waals surface area (Å²) >= 11 is 0. The summed E-state index contributed by atoms with van der Waals surface area (Å²) < 4.78 is 97.3. The van der Waals surface area contributed by atoms with E-state index in [-0.39, 0.29) is 43.3 Å². The highest BCUT2D eigenvalue weighted by atomic mass is 32.2. The molecule has 65 heavy (non-hydrogen) atoms. The second kappa shape index (κ2) is 17.2. The minimum atomic E-state index is -4.99. The van der Waals surface area contributed by atoms with Crippen LogP contribution >= 0.6 is 0 Å². The van der Waals surface area contributed by atoms with Gasteiger partial charge >= 0.3 is 12.3 Å². The first-order valence-electron chi connectivity index (χ1n) is 22.5. The predicted octanol–water partition coefficient (Wildman–Crippen LogP) is 5.43. The van der Waals surface area contributed by atoms with E-state index in [4.69, 9.17) is 18.9 Å². The molecule has 5 heterocycles. The van der Waals surface area contributed by atoms with Crippen molar-refractivity contribution in [1.82, 2.24) is 30.1 Å². The number of fused-ring (bicyclic) bond motifs is 5. The van der Waals surface area contributed by atoms with Crippen molar-refractivity contribution in [2.24, 2.45) is 5.92 Å². The zero-order valence-electron chi connectivity index (χ0n) is 37.5. The number of amides is 4. The number of methoxy groups -OCH3 is 1. The average molecular weight is 933 g/mol. The molecule has 8 rings (SSSR count). The summed E-state index contributed by atoms with van der Waals surface area (Å²) in [6.45, 7) is 7.52. The molecule has 2 saturated heterocycles. The molecule has 1 spiro atoms. The van der Waals surface area contributed by atoms with Gasteiger partial charge in [-0.15, -0.1) is 0 Å². The molecule has 4 amide bonds.